The molecule has 2 heterocycles. The van der Waals surface area contributed by atoms with E-state index in [0.29, 0.717) is 23.6 Å². The Hall–Kier alpha value is -2.58. The van der Waals surface area contributed by atoms with Crippen molar-refractivity contribution in [1.29, 1.82) is 0 Å². The predicted molar refractivity (Wildman–Crippen MR) is 85.3 cm³/mol. The van der Waals surface area contributed by atoms with Gasteiger partial charge >= 0.3 is 0 Å². The first-order chi connectivity index (χ1) is 10.7. The number of nitrogens with one attached hydrogen (secondary N) is 1. The molecule has 3 rings (SSSR count). The molecule has 0 saturated heterocycles. The summed E-state index contributed by atoms with van der Waals surface area (Å²) in [7, 11) is 0. The van der Waals surface area contributed by atoms with Crippen LogP contribution in [0.2, 0.25) is 0 Å². The fourth-order valence-corrected chi connectivity index (χ4v) is 2.59. The fourth-order valence-electron chi connectivity index (χ4n) is 2.30. The molecule has 0 atom stereocenters. The highest BCUT2D eigenvalue weighted by Gasteiger charge is 2.12. The summed E-state index contributed by atoms with van der Waals surface area (Å²) < 4.78 is 2.15. The molecule has 2 aromatic heterocycles. The van der Waals surface area contributed by atoms with Crippen LogP contribution < -0.4 is 11.3 Å². The number of H-pyrrole nitrogens is 1. The molecule has 3 aromatic rings. The van der Waals surface area contributed by atoms with Crippen LogP contribution in [0.25, 0.3) is 16.9 Å². The number of aromatic amines is 1. The zero-order chi connectivity index (χ0) is 15.5. The standard InChI is InChI=1S/C14H14N6OS/c15-5-8-19-12(9-13(21)18-14(19)22)10-3-1-2-4-11(10)20-16-6-7-17-20/h1-4,6-7,9H,5,8,15H2,(H,18,21,22). The minimum atomic E-state index is -0.253. The molecule has 0 aliphatic heterocycles. The Morgan fingerprint density at radius 2 is 1.95 bits per heavy atom. The number of nitrogens with zero attached hydrogens (tertiary/aromatic N) is 4. The first kappa shape index (κ1) is 14.4. The van der Waals surface area contributed by atoms with Gasteiger partial charge < -0.3 is 10.3 Å². The van der Waals surface area contributed by atoms with E-state index in [0.717, 1.165) is 11.3 Å². The topological polar surface area (TPSA) is 94.5 Å². The maximum absolute atomic E-state index is 11.8. The number of benzene rings is 1. The van der Waals surface area contributed by atoms with Crippen LogP contribution in [0.4, 0.5) is 0 Å². The second kappa shape index (κ2) is 6.04. The molecule has 0 spiro atoms. The molecule has 0 fully saturated rings. The summed E-state index contributed by atoms with van der Waals surface area (Å²) in [6.07, 6.45) is 3.20. The Labute approximate surface area is 131 Å². The monoisotopic (exact) mass is 314 g/mol. The summed E-state index contributed by atoms with van der Waals surface area (Å²) in [5.41, 5.74) is 7.66. The lowest BCUT2D eigenvalue weighted by Crippen LogP contribution is -2.19. The molecule has 0 bridgehead atoms. The summed E-state index contributed by atoms with van der Waals surface area (Å²) >= 11 is 5.25. The summed E-state index contributed by atoms with van der Waals surface area (Å²) in [6, 6.07) is 9.06. The molecular weight excluding hydrogens is 300 g/mol. The molecule has 1 aromatic carbocycles. The molecule has 0 radical (unpaired) electrons. The highest BCUT2D eigenvalue weighted by Crippen LogP contribution is 2.24. The van der Waals surface area contributed by atoms with Gasteiger partial charge in [0.15, 0.2) is 4.77 Å². The molecule has 0 aliphatic rings. The van der Waals surface area contributed by atoms with Gasteiger partial charge in [-0.05, 0) is 18.3 Å². The average molecular weight is 314 g/mol. The predicted octanol–water partition coefficient (Wildman–Crippen LogP) is 1.11. The number of nitrogens with two attached hydrogens (primary N) is 1. The highest BCUT2D eigenvalue weighted by molar-refractivity contribution is 7.71. The molecule has 0 saturated carbocycles. The van der Waals surface area contributed by atoms with Crippen LogP contribution in [0.15, 0.2) is 47.5 Å². The Morgan fingerprint density at radius 1 is 1.23 bits per heavy atom. The summed E-state index contributed by atoms with van der Waals surface area (Å²) in [6.45, 7) is 0.918. The van der Waals surface area contributed by atoms with Crippen molar-refractivity contribution in [3.05, 3.63) is 57.9 Å². The zero-order valence-corrected chi connectivity index (χ0v) is 12.5. The van der Waals surface area contributed by atoms with Crippen LogP contribution in [-0.4, -0.2) is 31.1 Å². The first-order valence-corrected chi connectivity index (χ1v) is 7.12. The van der Waals surface area contributed by atoms with E-state index in [9.17, 15) is 4.79 Å². The van der Waals surface area contributed by atoms with E-state index >= 15 is 0 Å². The number of hydrogen-bond acceptors (Lipinski definition) is 5. The van der Waals surface area contributed by atoms with E-state index in [1.807, 2.05) is 24.3 Å². The van der Waals surface area contributed by atoms with Gasteiger partial charge in [0, 0.05) is 24.7 Å². The quantitative estimate of drug-likeness (QED) is 0.704. The minimum Gasteiger partial charge on any atom is -0.329 e. The van der Waals surface area contributed by atoms with Crippen molar-refractivity contribution in [3.63, 3.8) is 0 Å². The third kappa shape index (κ3) is 2.61. The van der Waals surface area contributed by atoms with Gasteiger partial charge in [-0.3, -0.25) is 9.78 Å². The molecule has 112 valence electrons. The summed E-state index contributed by atoms with van der Waals surface area (Å²) in [4.78, 5) is 16.0. The van der Waals surface area contributed by atoms with Crippen LogP contribution in [-0.2, 0) is 6.54 Å². The van der Waals surface area contributed by atoms with Gasteiger partial charge in [0.1, 0.15) is 0 Å². The van der Waals surface area contributed by atoms with Gasteiger partial charge in [0.05, 0.1) is 23.8 Å². The van der Waals surface area contributed by atoms with Gasteiger partial charge in [0.2, 0.25) is 0 Å². The van der Waals surface area contributed by atoms with Crippen LogP contribution in [0, 0.1) is 4.77 Å². The second-order valence-electron chi connectivity index (χ2n) is 4.60. The second-order valence-corrected chi connectivity index (χ2v) is 4.99. The molecule has 7 nitrogen and oxygen atoms in total. The molecule has 0 amide bonds. The van der Waals surface area contributed by atoms with E-state index in [-0.39, 0.29) is 5.56 Å². The smallest absolute Gasteiger partial charge is 0.252 e. The SMILES string of the molecule is NCCn1c(-c2ccccc2-n2nccn2)cc(=O)[nH]c1=S. The molecular formula is C14H14N6OS. The van der Waals surface area contributed by atoms with E-state index in [4.69, 9.17) is 18.0 Å². The summed E-state index contributed by atoms with van der Waals surface area (Å²) in [5.74, 6) is 0. The van der Waals surface area contributed by atoms with Crippen molar-refractivity contribution in [2.75, 3.05) is 6.54 Å². The summed E-state index contributed by atoms with van der Waals surface area (Å²) in [5, 5.41) is 8.31. The molecule has 0 unspecified atom stereocenters. The third-order valence-corrected chi connectivity index (χ3v) is 3.52. The Balaban J connectivity index is 2.29. The van der Waals surface area contributed by atoms with Crippen molar-refractivity contribution in [2.24, 2.45) is 5.73 Å². The first-order valence-electron chi connectivity index (χ1n) is 6.71. The Morgan fingerprint density at radius 3 is 2.68 bits per heavy atom. The highest BCUT2D eigenvalue weighted by atomic mass is 32.1. The Bertz CT molecular complexity index is 896. The number of aromatic nitrogens is 5. The largest absolute Gasteiger partial charge is 0.329 e. The van der Waals surface area contributed by atoms with Crippen molar-refractivity contribution in [3.8, 4) is 16.9 Å². The van der Waals surface area contributed by atoms with Gasteiger partial charge in [-0.25, -0.2) is 0 Å². The molecule has 22 heavy (non-hydrogen) atoms. The maximum atomic E-state index is 11.8. The lowest BCUT2D eigenvalue weighted by Gasteiger charge is -2.15. The fraction of sp³-hybridized carbons (Fsp3) is 0.143. The van der Waals surface area contributed by atoms with Crippen molar-refractivity contribution in [1.82, 2.24) is 24.5 Å². The van der Waals surface area contributed by atoms with E-state index < -0.39 is 0 Å². The normalized spacial score (nSPS) is 10.8. The van der Waals surface area contributed by atoms with Crippen LogP contribution >= 0.6 is 12.2 Å². The van der Waals surface area contributed by atoms with Crippen molar-refractivity contribution in [2.45, 2.75) is 6.54 Å². The van der Waals surface area contributed by atoms with E-state index in [2.05, 4.69) is 15.2 Å². The number of para-hydroxylation sites is 1. The van der Waals surface area contributed by atoms with Gasteiger partial charge in [-0.15, -0.1) is 0 Å². The van der Waals surface area contributed by atoms with Crippen molar-refractivity contribution >= 4 is 12.2 Å². The Kier molecular flexibility index (Phi) is 3.94. The van der Waals surface area contributed by atoms with Crippen LogP contribution in [0.3, 0.4) is 0 Å². The maximum Gasteiger partial charge on any atom is 0.252 e. The molecule has 8 heteroatoms. The van der Waals surface area contributed by atoms with Crippen LogP contribution in [0.5, 0.6) is 0 Å². The number of rotatable bonds is 4. The molecule has 3 N–H and O–H groups in total. The van der Waals surface area contributed by atoms with E-state index in [1.165, 1.54) is 10.9 Å². The zero-order valence-electron chi connectivity index (χ0n) is 11.6. The van der Waals surface area contributed by atoms with E-state index in [1.54, 1.807) is 17.0 Å². The molecule has 0 aliphatic carbocycles. The number of hydrogen-bond donors (Lipinski definition) is 2. The van der Waals surface area contributed by atoms with Crippen molar-refractivity contribution < 1.29 is 0 Å². The lowest BCUT2D eigenvalue weighted by molar-refractivity contribution is 0.678. The minimum absolute atomic E-state index is 0.253. The van der Waals surface area contributed by atoms with Crippen LogP contribution in [0.1, 0.15) is 0 Å². The average Bonchev–Trinajstić information content (AvgIpc) is 3.04. The lowest BCUT2D eigenvalue weighted by atomic mass is 10.1. The van der Waals surface area contributed by atoms with Gasteiger partial charge in [-0.2, -0.15) is 15.0 Å². The van der Waals surface area contributed by atoms with Gasteiger partial charge in [-0.1, -0.05) is 18.2 Å². The van der Waals surface area contributed by atoms with Gasteiger partial charge in [0.25, 0.3) is 5.56 Å². The third-order valence-electron chi connectivity index (χ3n) is 3.20.